The molecule has 0 aliphatic rings. The van der Waals surface area contributed by atoms with Gasteiger partial charge in [-0.15, -0.1) is 0 Å². The van der Waals surface area contributed by atoms with Crippen LogP contribution in [0, 0.1) is 5.92 Å². The molecule has 0 atom stereocenters. The lowest BCUT2D eigenvalue weighted by Gasteiger charge is -2.01. The first-order valence-electron chi connectivity index (χ1n) is 7.21. The lowest BCUT2D eigenvalue weighted by atomic mass is 10.1. The van der Waals surface area contributed by atoms with Crippen molar-refractivity contribution in [1.29, 1.82) is 0 Å². The number of hydrogen-bond acceptors (Lipinski definition) is 2. The molecule has 0 saturated carbocycles. The normalized spacial score (nSPS) is 11.3. The predicted octanol–water partition coefficient (Wildman–Crippen LogP) is 3.86. The van der Waals surface area contributed by atoms with Crippen LogP contribution in [0.25, 0.3) is 0 Å². The van der Waals surface area contributed by atoms with Gasteiger partial charge >= 0.3 is 11.9 Å². The number of carboxylic acids is 2. The smallest absolute Gasteiger partial charge is 0.321 e. The molecule has 0 aromatic carbocycles. The van der Waals surface area contributed by atoms with E-state index in [1.807, 2.05) is 0 Å². The molecule has 0 amide bonds. The van der Waals surface area contributed by atoms with E-state index in [0.29, 0.717) is 0 Å². The van der Waals surface area contributed by atoms with Crippen molar-refractivity contribution < 1.29 is 19.8 Å². The molecule has 0 rings (SSSR count). The van der Waals surface area contributed by atoms with Crippen LogP contribution in [0.3, 0.4) is 0 Å². The van der Waals surface area contributed by atoms with Crippen molar-refractivity contribution in [1.82, 2.24) is 0 Å². The molecule has 2 N–H and O–H groups in total. The third-order valence-corrected chi connectivity index (χ3v) is 3.08. The Balaban J connectivity index is 3.52. The summed E-state index contributed by atoms with van der Waals surface area (Å²) in [7, 11) is 0. The number of allylic oxidation sites excluding steroid dienone is 1. The van der Waals surface area contributed by atoms with Crippen molar-refractivity contribution in [2.75, 3.05) is 0 Å². The Morgan fingerprint density at radius 3 is 1.84 bits per heavy atom. The summed E-state index contributed by atoms with van der Waals surface area (Å²) in [5.74, 6) is -4.02. The van der Waals surface area contributed by atoms with Crippen molar-refractivity contribution in [2.24, 2.45) is 5.92 Å². The topological polar surface area (TPSA) is 74.6 Å². The first-order chi connectivity index (χ1) is 9.09. The lowest BCUT2D eigenvalue weighted by molar-refractivity contribution is -0.151. The van der Waals surface area contributed by atoms with Gasteiger partial charge in [0, 0.05) is 0 Å². The van der Waals surface area contributed by atoms with Crippen LogP contribution in [-0.2, 0) is 9.59 Å². The molecular formula is C15H26O4. The fourth-order valence-electron chi connectivity index (χ4n) is 1.90. The zero-order valence-corrected chi connectivity index (χ0v) is 11.8. The summed E-state index contributed by atoms with van der Waals surface area (Å²) in [6, 6.07) is 0. The summed E-state index contributed by atoms with van der Waals surface area (Å²) in [5.41, 5.74) is 0. The quantitative estimate of drug-likeness (QED) is 0.321. The van der Waals surface area contributed by atoms with Crippen LogP contribution < -0.4 is 0 Å². The van der Waals surface area contributed by atoms with Gasteiger partial charge in [-0.2, -0.15) is 0 Å². The minimum absolute atomic E-state index is 0.756. The van der Waals surface area contributed by atoms with E-state index < -0.39 is 17.9 Å². The molecule has 4 heteroatoms. The van der Waals surface area contributed by atoms with E-state index in [-0.39, 0.29) is 0 Å². The number of carboxylic acid groups (broad SMARTS) is 2. The van der Waals surface area contributed by atoms with Gasteiger partial charge in [0.2, 0.25) is 0 Å². The second-order valence-corrected chi connectivity index (χ2v) is 4.85. The molecule has 0 aromatic rings. The van der Waals surface area contributed by atoms with Crippen LogP contribution in [0.15, 0.2) is 12.2 Å². The fourth-order valence-corrected chi connectivity index (χ4v) is 1.90. The molecule has 0 heterocycles. The Labute approximate surface area is 115 Å². The van der Waals surface area contributed by atoms with E-state index in [0.717, 1.165) is 19.3 Å². The minimum Gasteiger partial charge on any atom is -0.480 e. The number of carbonyl (C=O) groups is 2. The summed E-state index contributed by atoms with van der Waals surface area (Å²) in [6.45, 7) is 2.20. The maximum Gasteiger partial charge on any atom is 0.321 e. The van der Waals surface area contributed by atoms with Crippen molar-refractivity contribution in [2.45, 2.75) is 64.7 Å². The predicted molar refractivity (Wildman–Crippen MR) is 75.1 cm³/mol. The van der Waals surface area contributed by atoms with Crippen molar-refractivity contribution >= 4 is 11.9 Å². The van der Waals surface area contributed by atoms with Crippen LogP contribution in [0.2, 0.25) is 0 Å². The summed E-state index contributed by atoms with van der Waals surface area (Å²) in [4.78, 5) is 21.2. The minimum atomic E-state index is -1.41. The molecule has 110 valence electrons. The average molecular weight is 270 g/mol. The van der Waals surface area contributed by atoms with Crippen LogP contribution in [0.4, 0.5) is 0 Å². The highest BCUT2D eigenvalue weighted by Gasteiger charge is 2.21. The van der Waals surface area contributed by atoms with Gasteiger partial charge in [0.05, 0.1) is 0 Å². The van der Waals surface area contributed by atoms with Gasteiger partial charge in [-0.05, 0) is 12.8 Å². The highest BCUT2D eigenvalue weighted by atomic mass is 16.4. The largest absolute Gasteiger partial charge is 0.480 e. The third-order valence-electron chi connectivity index (χ3n) is 3.08. The van der Waals surface area contributed by atoms with Gasteiger partial charge in [-0.25, -0.2) is 0 Å². The Bertz CT molecular complexity index is 270. The maximum atomic E-state index is 10.6. The Morgan fingerprint density at radius 1 is 0.895 bits per heavy atom. The molecule has 4 nitrogen and oxygen atoms in total. The Morgan fingerprint density at radius 2 is 1.37 bits per heavy atom. The average Bonchev–Trinajstić information content (AvgIpc) is 2.35. The van der Waals surface area contributed by atoms with E-state index in [9.17, 15) is 9.59 Å². The first-order valence-corrected chi connectivity index (χ1v) is 7.21. The standard InChI is InChI=1S/C15H26O4/c1-2-3-4-5-6-7-8-9-10-11-12-13(14(16)17)15(18)19/h11-13H,2-10H2,1H3,(H,16,17)(H,18,19). The Kier molecular flexibility index (Phi) is 10.9. The van der Waals surface area contributed by atoms with Crippen LogP contribution >= 0.6 is 0 Å². The highest BCUT2D eigenvalue weighted by Crippen LogP contribution is 2.10. The fraction of sp³-hybridized carbons (Fsp3) is 0.733. The van der Waals surface area contributed by atoms with E-state index in [1.165, 1.54) is 44.6 Å². The second kappa shape index (κ2) is 11.8. The SMILES string of the molecule is CCCCCCCCCCC=CC(C(=O)O)C(=O)O. The van der Waals surface area contributed by atoms with Crippen LogP contribution in [0.5, 0.6) is 0 Å². The van der Waals surface area contributed by atoms with Gasteiger partial charge < -0.3 is 10.2 Å². The van der Waals surface area contributed by atoms with E-state index >= 15 is 0 Å². The molecule has 0 aliphatic carbocycles. The molecule has 0 radical (unpaired) electrons. The van der Waals surface area contributed by atoms with Crippen molar-refractivity contribution in [3.8, 4) is 0 Å². The highest BCUT2D eigenvalue weighted by molar-refractivity contribution is 5.94. The molecule has 0 aromatic heterocycles. The summed E-state index contributed by atoms with van der Waals surface area (Å²) < 4.78 is 0. The van der Waals surface area contributed by atoms with Gasteiger partial charge in [0.1, 0.15) is 0 Å². The number of rotatable bonds is 12. The van der Waals surface area contributed by atoms with Crippen LogP contribution in [0.1, 0.15) is 64.7 Å². The zero-order valence-electron chi connectivity index (χ0n) is 11.8. The molecule has 0 unspecified atom stereocenters. The molecule has 0 aliphatic heterocycles. The van der Waals surface area contributed by atoms with Crippen LogP contribution in [-0.4, -0.2) is 22.2 Å². The maximum absolute atomic E-state index is 10.6. The van der Waals surface area contributed by atoms with E-state index in [1.54, 1.807) is 6.08 Å². The monoisotopic (exact) mass is 270 g/mol. The molecule has 0 spiro atoms. The summed E-state index contributed by atoms with van der Waals surface area (Å²) in [6.07, 6.45) is 13.5. The third kappa shape index (κ3) is 10.3. The number of aliphatic carboxylic acids is 2. The molecule has 19 heavy (non-hydrogen) atoms. The molecular weight excluding hydrogens is 244 g/mol. The molecule has 0 fully saturated rings. The number of unbranched alkanes of at least 4 members (excludes halogenated alkanes) is 8. The first kappa shape index (κ1) is 17.7. The second-order valence-electron chi connectivity index (χ2n) is 4.85. The van der Waals surface area contributed by atoms with E-state index in [4.69, 9.17) is 10.2 Å². The summed E-state index contributed by atoms with van der Waals surface area (Å²) in [5, 5.41) is 17.3. The van der Waals surface area contributed by atoms with Crippen molar-refractivity contribution in [3.05, 3.63) is 12.2 Å². The number of hydrogen-bond donors (Lipinski definition) is 2. The Hall–Kier alpha value is -1.32. The van der Waals surface area contributed by atoms with Crippen molar-refractivity contribution in [3.63, 3.8) is 0 Å². The van der Waals surface area contributed by atoms with E-state index in [2.05, 4.69) is 6.92 Å². The zero-order chi connectivity index (χ0) is 14.5. The van der Waals surface area contributed by atoms with Gasteiger partial charge in [-0.3, -0.25) is 9.59 Å². The summed E-state index contributed by atoms with van der Waals surface area (Å²) >= 11 is 0. The molecule has 0 bridgehead atoms. The van der Waals surface area contributed by atoms with Gasteiger partial charge in [-0.1, -0.05) is 64.0 Å². The lowest BCUT2D eigenvalue weighted by Crippen LogP contribution is -2.20. The van der Waals surface area contributed by atoms with Gasteiger partial charge in [0.25, 0.3) is 0 Å². The van der Waals surface area contributed by atoms with Gasteiger partial charge in [0.15, 0.2) is 5.92 Å². The molecule has 0 saturated heterocycles.